The molecular formula is C29H40N2O7. The fourth-order valence-electron chi connectivity index (χ4n) is 6.56. The maximum absolute atomic E-state index is 13.9. The van der Waals surface area contributed by atoms with E-state index in [1.807, 2.05) is 4.90 Å². The Morgan fingerprint density at radius 2 is 1.82 bits per heavy atom. The molecular weight excluding hydrogens is 488 g/mol. The van der Waals surface area contributed by atoms with Gasteiger partial charge in [-0.05, 0) is 49.5 Å². The zero-order valence-corrected chi connectivity index (χ0v) is 22.1. The number of aliphatic hydroxyl groups is 3. The van der Waals surface area contributed by atoms with Crippen LogP contribution in [0.5, 0.6) is 11.5 Å². The summed E-state index contributed by atoms with van der Waals surface area (Å²) in [6.45, 7) is -0.335. The lowest BCUT2D eigenvalue weighted by molar-refractivity contribution is -0.148. The summed E-state index contributed by atoms with van der Waals surface area (Å²) in [5.41, 5.74) is 1.67. The molecule has 4 aliphatic rings. The van der Waals surface area contributed by atoms with Crippen LogP contribution in [0.2, 0.25) is 0 Å². The molecule has 1 aromatic rings. The molecule has 0 spiro atoms. The first kappa shape index (κ1) is 27.0. The number of ether oxygens (including phenoxy) is 2. The average molecular weight is 529 g/mol. The molecule has 2 saturated carbocycles. The van der Waals surface area contributed by atoms with E-state index in [0.29, 0.717) is 28.2 Å². The van der Waals surface area contributed by atoms with Crippen molar-refractivity contribution in [2.24, 2.45) is 5.92 Å². The third-order valence-corrected chi connectivity index (χ3v) is 8.74. The van der Waals surface area contributed by atoms with Crippen LogP contribution in [0.4, 0.5) is 0 Å². The van der Waals surface area contributed by atoms with Crippen LogP contribution in [0.15, 0.2) is 23.8 Å². The zero-order valence-electron chi connectivity index (χ0n) is 22.1. The van der Waals surface area contributed by atoms with E-state index in [2.05, 4.69) is 5.32 Å². The van der Waals surface area contributed by atoms with E-state index in [1.54, 1.807) is 18.2 Å². The Balaban J connectivity index is 1.59. The van der Waals surface area contributed by atoms with Gasteiger partial charge in [0.15, 0.2) is 11.5 Å². The summed E-state index contributed by atoms with van der Waals surface area (Å²) < 4.78 is 11.9. The third kappa shape index (κ3) is 4.92. The fourth-order valence-corrected chi connectivity index (χ4v) is 6.56. The third-order valence-electron chi connectivity index (χ3n) is 8.74. The maximum atomic E-state index is 13.9. The topological polar surface area (TPSA) is 129 Å². The van der Waals surface area contributed by atoms with Gasteiger partial charge in [0.05, 0.1) is 32.3 Å². The molecule has 208 valence electrons. The van der Waals surface area contributed by atoms with E-state index in [9.17, 15) is 24.9 Å². The minimum atomic E-state index is -1.06. The molecule has 38 heavy (non-hydrogen) atoms. The number of amides is 2. The summed E-state index contributed by atoms with van der Waals surface area (Å²) in [6, 6.07) is 2.76. The molecule has 4 atom stereocenters. The van der Waals surface area contributed by atoms with Crippen molar-refractivity contribution in [2.45, 2.75) is 94.6 Å². The Hall–Kier alpha value is -2.62. The van der Waals surface area contributed by atoms with E-state index in [-0.39, 0.29) is 43.5 Å². The SMILES string of the molecule is COc1cc(CO)cc2c1OC1C2C(C(=O)NCCO)=CC(N(C(=O)C2CCC2)C2CCCCCC2)C1O. The highest BCUT2D eigenvalue weighted by Crippen LogP contribution is 2.52. The Labute approximate surface area is 223 Å². The summed E-state index contributed by atoms with van der Waals surface area (Å²) in [5.74, 6) is -0.0970. The van der Waals surface area contributed by atoms with Gasteiger partial charge >= 0.3 is 0 Å². The normalized spacial score (nSPS) is 27.2. The number of nitrogens with one attached hydrogen (secondary N) is 1. The number of fused-ring (bicyclic) bond motifs is 3. The van der Waals surface area contributed by atoms with Crippen molar-refractivity contribution in [3.05, 3.63) is 34.9 Å². The minimum Gasteiger partial charge on any atom is -0.493 e. The lowest BCUT2D eigenvalue weighted by Gasteiger charge is -2.46. The van der Waals surface area contributed by atoms with Gasteiger partial charge < -0.3 is 35.0 Å². The predicted octanol–water partition coefficient (Wildman–Crippen LogP) is 2.16. The first-order chi connectivity index (χ1) is 18.5. The molecule has 3 aliphatic carbocycles. The second-order valence-electron chi connectivity index (χ2n) is 11.0. The molecule has 4 unspecified atom stereocenters. The highest BCUT2D eigenvalue weighted by molar-refractivity contribution is 5.96. The Morgan fingerprint density at radius 3 is 2.42 bits per heavy atom. The Morgan fingerprint density at radius 1 is 1.08 bits per heavy atom. The second kappa shape index (κ2) is 11.6. The number of nitrogens with zero attached hydrogens (tertiary/aromatic N) is 1. The van der Waals surface area contributed by atoms with Crippen LogP contribution >= 0.6 is 0 Å². The summed E-state index contributed by atoms with van der Waals surface area (Å²) in [6.07, 6.45) is 8.73. The van der Waals surface area contributed by atoms with E-state index in [4.69, 9.17) is 9.47 Å². The molecule has 1 heterocycles. The van der Waals surface area contributed by atoms with Gasteiger partial charge in [-0.15, -0.1) is 0 Å². The van der Waals surface area contributed by atoms with Crippen molar-refractivity contribution in [3.63, 3.8) is 0 Å². The van der Waals surface area contributed by atoms with Gasteiger partial charge in [-0.2, -0.15) is 0 Å². The van der Waals surface area contributed by atoms with Gasteiger partial charge in [-0.1, -0.05) is 32.1 Å². The van der Waals surface area contributed by atoms with Crippen LogP contribution in [0.25, 0.3) is 0 Å². The van der Waals surface area contributed by atoms with Gasteiger partial charge in [-0.25, -0.2) is 0 Å². The highest BCUT2D eigenvalue weighted by atomic mass is 16.5. The van der Waals surface area contributed by atoms with Crippen molar-refractivity contribution >= 4 is 11.8 Å². The molecule has 5 rings (SSSR count). The quantitative estimate of drug-likeness (QED) is 0.381. The summed E-state index contributed by atoms with van der Waals surface area (Å²) in [5, 5.41) is 33.8. The number of aliphatic hydroxyl groups excluding tert-OH is 3. The average Bonchev–Trinajstić information content (AvgIpc) is 3.08. The number of hydrogen-bond donors (Lipinski definition) is 4. The summed E-state index contributed by atoms with van der Waals surface area (Å²) in [4.78, 5) is 29.3. The van der Waals surface area contributed by atoms with Crippen molar-refractivity contribution in [2.75, 3.05) is 20.3 Å². The molecule has 1 aromatic carbocycles. The molecule has 4 N–H and O–H groups in total. The molecule has 0 saturated heterocycles. The van der Waals surface area contributed by atoms with Crippen LogP contribution in [0.3, 0.4) is 0 Å². The number of methoxy groups -OCH3 is 1. The van der Waals surface area contributed by atoms with Crippen molar-refractivity contribution in [3.8, 4) is 11.5 Å². The van der Waals surface area contributed by atoms with Crippen molar-refractivity contribution in [1.82, 2.24) is 10.2 Å². The Kier molecular flexibility index (Phi) is 8.26. The summed E-state index contributed by atoms with van der Waals surface area (Å²) >= 11 is 0. The number of hydrogen-bond acceptors (Lipinski definition) is 7. The van der Waals surface area contributed by atoms with Gasteiger partial charge in [0.1, 0.15) is 12.2 Å². The van der Waals surface area contributed by atoms with Gasteiger partial charge in [-0.3, -0.25) is 9.59 Å². The van der Waals surface area contributed by atoms with Gasteiger partial charge in [0.2, 0.25) is 11.8 Å². The highest BCUT2D eigenvalue weighted by Gasteiger charge is 2.52. The van der Waals surface area contributed by atoms with Crippen molar-refractivity contribution in [1.29, 1.82) is 0 Å². The monoisotopic (exact) mass is 528 g/mol. The lowest BCUT2D eigenvalue weighted by atomic mass is 9.76. The predicted molar refractivity (Wildman–Crippen MR) is 140 cm³/mol. The van der Waals surface area contributed by atoms with E-state index in [0.717, 1.165) is 57.8 Å². The first-order valence-electron chi connectivity index (χ1n) is 14.1. The number of benzene rings is 1. The van der Waals surface area contributed by atoms with Crippen molar-refractivity contribution < 1.29 is 34.4 Å². The molecule has 2 fully saturated rings. The molecule has 2 amide bonds. The van der Waals surface area contributed by atoms with Crippen LogP contribution in [-0.4, -0.2) is 76.6 Å². The van der Waals surface area contributed by atoms with E-state index >= 15 is 0 Å². The molecule has 1 aliphatic heterocycles. The summed E-state index contributed by atoms with van der Waals surface area (Å²) in [7, 11) is 1.51. The zero-order chi connectivity index (χ0) is 26.8. The fraction of sp³-hybridized carbons (Fsp3) is 0.655. The van der Waals surface area contributed by atoms with E-state index < -0.39 is 24.2 Å². The van der Waals surface area contributed by atoms with Gasteiger partial charge in [0, 0.05) is 29.6 Å². The largest absolute Gasteiger partial charge is 0.493 e. The Bertz CT molecular complexity index is 1060. The first-order valence-corrected chi connectivity index (χ1v) is 14.1. The molecule has 0 radical (unpaired) electrons. The molecule has 0 aromatic heterocycles. The van der Waals surface area contributed by atoms with Crippen LogP contribution in [0.1, 0.15) is 74.8 Å². The number of carbonyl (C=O) groups is 2. The molecule has 9 heteroatoms. The molecule has 0 bridgehead atoms. The maximum Gasteiger partial charge on any atom is 0.247 e. The lowest BCUT2D eigenvalue weighted by Crippen LogP contribution is -2.59. The second-order valence-corrected chi connectivity index (χ2v) is 11.0. The van der Waals surface area contributed by atoms with Crippen LogP contribution < -0.4 is 14.8 Å². The number of carbonyl (C=O) groups excluding carboxylic acids is 2. The smallest absolute Gasteiger partial charge is 0.247 e. The van der Waals surface area contributed by atoms with E-state index in [1.165, 1.54) is 7.11 Å². The van der Waals surface area contributed by atoms with Crippen LogP contribution in [0, 0.1) is 5.92 Å². The minimum absolute atomic E-state index is 0.000825. The number of rotatable bonds is 8. The van der Waals surface area contributed by atoms with Crippen LogP contribution in [-0.2, 0) is 16.2 Å². The van der Waals surface area contributed by atoms with Gasteiger partial charge in [0.25, 0.3) is 0 Å². The molecule has 9 nitrogen and oxygen atoms in total. The standard InChI is InChI=1S/C29H40N2O7/c1-37-23-14-17(16-33)13-20-24-21(28(35)30-11-12-32)15-22(25(34)27(24)38-26(20)23)31(29(36)18-7-6-8-18)19-9-4-2-3-5-10-19/h13-15,18-19,22,24-25,27,32-34H,2-12,16H2,1H3,(H,30,35).